The lowest BCUT2D eigenvalue weighted by atomic mass is 10.2. The van der Waals surface area contributed by atoms with Crippen LogP contribution < -0.4 is 10.6 Å². The predicted molar refractivity (Wildman–Crippen MR) is 72.4 cm³/mol. The van der Waals surface area contributed by atoms with Gasteiger partial charge < -0.3 is 10.6 Å². The highest BCUT2D eigenvalue weighted by atomic mass is 35.5. The molecule has 2 N–H and O–H groups in total. The summed E-state index contributed by atoms with van der Waals surface area (Å²) in [6, 6.07) is 1.63. The molecule has 1 heterocycles. The van der Waals surface area contributed by atoms with Crippen molar-refractivity contribution in [1.82, 2.24) is 10.6 Å². The number of likely N-dealkylation sites (N-methyl/N-ethyl adjacent to an activating group) is 1. The summed E-state index contributed by atoms with van der Waals surface area (Å²) in [6.07, 6.45) is 0. The van der Waals surface area contributed by atoms with Crippen molar-refractivity contribution in [2.45, 2.75) is 13.8 Å². The monoisotopic (exact) mass is 276 g/mol. The summed E-state index contributed by atoms with van der Waals surface area (Å²) < 4.78 is 0. The lowest BCUT2D eigenvalue weighted by molar-refractivity contribution is 0.0958. The smallest absolute Gasteiger partial charge is 0.261 e. The lowest BCUT2D eigenvalue weighted by Crippen LogP contribution is -2.31. The molecule has 0 bridgehead atoms. The van der Waals surface area contributed by atoms with Gasteiger partial charge >= 0.3 is 0 Å². The largest absolute Gasteiger partial charge is 0.350 e. The molecule has 0 saturated heterocycles. The number of ketones is 1. The topological polar surface area (TPSA) is 58.2 Å². The zero-order chi connectivity index (χ0) is 12.0. The Morgan fingerprint density at radius 3 is 2.59 bits per heavy atom. The van der Waals surface area contributed by atoms with Gasteiger partial charge in [0, 0.05) is 24.0 Å². The van der Waals surface area contributed by atoms with Crippen LogP contribution in [0.3, 0.4) is 0 Å². The summed E-state index contributed by atoms with van der Waals surface area (Å²) in [6.45, 7) is 5.76. The Bertz CT molecular complexity index is 379. The number of halogens is 1. The molecule has 0 radical (unpaired) electrons. The van der Waals surface area contributed by atoms with E-state index < -0.39 is 0 Å². The summed E-state index contributed by atoms with van der Waals surface area (Å²) in [5, 5.41) is 7.61. The number of carbonyl (C=O) groups excluding carboxylic acids is 2. The molecule has 0 saturated carbocycles. The molecule has 1 aromatic heterocycles. The molecule has 4 nitrogen and oxygen atoms in total. The number of rotatable bonds is 6. The van der Waals surface area contributed by atoms with E-state index in [9.17, 15) is 9.59 Å². The maximum atomic E-state index is 11.6. The third-order valence-corrected chi connectivity index (χ3v) is 3.00. The first kappa shape index (κ1) is 16.1. The summed E-state index contributed by atoms with van der Waals surface area (Å²) in [5.41, 5.74) is 0.599. The van der Waals surface area contributed by atoms with E-state index in [0.717, 1.165) is 13.1 Å². The fourth-order valence-electron chi connectivity index (χ4n) is 1.17. The second kappa shape index (κ2) is 8.22. The number of thiophene rings is 1. The Hall–Kier alpha value is -0.910. The summed E-state index contributed by atoms with van der Waals surface area (Å²) in [5.74, 6) is -0.127. The molecule has 0 atom stereocenters. The molecule has 0 fully saturated rings. The van der Waals surface area contributed by atoms with Gasteiger partial charge in [-0.25, -0.2) is 0 Å². The van der Waals surface area contributed by atoms with Crippen molar-refractivity contribution >= 4 is 35.4 Å². The summed E-state index contributed by atoms with van der Waals surface area (Å²) >= 11 is 1.30. The standard InChI is InChI=1S/C11H16N2O2S.ClH/c1-3-12-4-5-13-11(15)10-6-9(7-16-10)8(2)14;/h6-7,12H,3-5H2,1-2H3,(H,13,15);1H. The van der Waals surface area contributed by atoms with Crippen LogP contribution in [0.25, 0.3) is 0 Å². The van der Waals surface area contributed by atoms with Gasteiger partial charge in [0.15, 0.2) is 5.78 Å². The van der Waals surface area contributed by atoms with Crippen LogP contribution in [-0.4, -0.2) is 31.3 Å². The number of hydrogen-bond acceptors (Lipinski definition) is 4. The lowest BCUT2D eigenvalue weighted by Gasteiger charge is -2.03. The van der Waals surface area contributed by atoms with Crippen molar-refractivity contribution in [3.63, 3.8) is 0 Å². The summed E-state index contributed by atoms with van der Waals surface area (Å²) in [4.78, 5) is 23.2. The zero-order valence-corrected chi connectivity index (χ0v) is 11.5. The Morgan fingerprint density at radius 2 is 2.06 bits per heavy atom. The van der Waals surface area contributed by atoms with Crippen LogP contribution in [0.5, 0.6) is 0 Å². The Kier molecular flexibility index (Phi) is 7.78. The van der Waals surface area contributed by atoms with E-state index in [1.165, 1.54) is 18.3 Å². The molecule has 1 amide bonds. The number of amides is 1. The molecule has 96 valence electrons. The van der Waals surface area contributed by atoms with E-state index >= 15 is 0 Å². The SMILES string of the molecule is CCNCCNC(=O)c1cc(C(C)=O)cs1.Cl. The molecule has 0 spiro atoms. The number of nitrogens with one attached hydrogen (secondary N) is 2. The second-order valence-corrected chi connectivity index (χ2v) is 4.28. The van der Waals surface area contributed by atoms with Gasteiger partial charge in [-0.05, 0) is 19.5 Å². The van der Waals surface area contributed by atoms with Crippen LogP contribution in [0, 0.1) is 0 Å². The first-order chi connectivity index (χ1) is 7.65. The maximum absolute atomic E-state index is 11.6. The van der Waals surface area contributed by atoms with Gasteiger partial charge in [-0.15, -0.1) is 23.7 Å². The summed E-state index contributed by atoms with van der Waals surface area (Å²) in [7, 11) is 0. The zero-order valence-electron chi connectivity index (χ0n) is 9.91. The average molecular weight is 277 g/mol. The normalized spacial score (nSPS) is 9.53. The minimum atomic E-state index is -0.115. The highest BCUT2D eigenvalue weighted by molar-refractivity contribution is 7.12. The van der Waals surface area contributed by atoms with Gasteiger partial charge in [0.2, 0.25) is 0 Å². The van der Waals surface area contributed by atoms with Crippen LogP contribution in [0.2, 0.25) is 0 Å². The van der Waals surface area contributed by atoms with E-state index in [-0.39, 0.29) is 24.1 Å². The Morgan fingerprint density at radius 1 is 1.35 bits per heavy atom. The molecule has 0 aliphatic carbocycles. The van der Waals surface area contributed by atoms with Crippen molar-refractivity contribution in [2.75, 3.05) is 19.6 Å². The molecule has 0 aliphatic rings. The van der Waals surface area contributed by atoms with E-state index in [4.69, 9.17) is 0 Å². The van der Waals surface area contributed by atoms with Crippen molar-refractivity contribution in [1.29, 1.82) is 0 Å². The van der Waals surface area contributed by atoms with Crippen LogP contribution >= 0.6 is 23.7 Å². The minimum Gasteiger partial charge on any atom is -0.350 e. The van der Waals surface area contributed by atoms with Gasteiger partial charge in [-0.1, -0.05) is 6.92 Å². The van der Waals surface area contributed by atoms with Gasteiger partial charge in [-0.2, -0.15) is 0 Å². The van der Waals surface area contributed by atoms with Crippen molar-refractivity contribution in [3.05, 3.63) is 21.9 Å². The Balaban J connectivity index is 0.00000256. The van der Waals surface area contributed by atoms with Crippen LogP contribution in [-0.2, 0) is 0 Å². The number of hydrogen-bond donors (Lipinski definition) is 2. The van der Waals surface area contributed by atoms with E-state index in [0.29, 0.717) is 17.0 Å². The van der Waals surface area contributed by atoms with E-state index in [2.05, 4.69) is 10.6 Å². The molecule has 0 unspecified atom stereocenters. The molecule has 6 heteroatoms. The van der Waals surface area contributed by atoms with Gasteiger partial charge in [0.1, 0.15) is 0 Å². The quantitative estimate of drug-likeness (QED) is 0.614. The third kappa shape index (κ3) is 5.30. The maximum Gasteiger partial charge on any atom is 0.261 e. The highest BCUT2D eigenvalue weighted by Gasteiger charge is 2.10. The second-order valence-electron chi connectivity index (χ2n) is 3.37. The first-order valence-electron chi connectivity index (χ1n) is 5.23. The molecular formula is C11H17ClN2O2S. The van der Waals surface area contributed by atoms with Crippen molar-refractivity contribution < 1.29 is 9.59 Å². The van der Waals surface area contributed by atoms with Crippen molar-refractivity contribution in [2.24, 2.45) is 0 Å². The fraction of sp³-hybridized carbons (Fsp3) is 0.455. The van der Waals surface area contributed by atoms with Crippen LogP contribution in [0.15, 0.2) is 11.4 Å². The van der Waals surface area contributed by atoms with E-state index in [1.54, 1.807) is 11.4 Å². The fourth-order valence-corrected chi connectivity index (χ4v) is 2.03. The number of carbonyl (C=O) groups is 2. The highest BCUT2D eigenvalue weighted by Crippen LogP contribution is 2.14. The molecule has 0 aliphatic heterocycles. The van der Waals surface area contributed by atoms with E-state index in [1.807, 2.05) is 6.92 Å². The third-order valence-electron chi connectivity index (χ3n) is 2.07. The van der Waals surface area contributed by atoms with Gasteiger partial charge in [0.05, 0.1) is 4.88 Å². The van der Waals surface area contributed by atoms with Crippen LogP contribution in [0.1, 0.15) is 33.9 Å². The molecule has 1 rings (SSSR count). The molecular weight excluding hydrogens is 260 g/mol. The van der Waals surface area contributed by atoms with Crippen molar-refractivity contribution in [3.8, 4) is 0 Å². The molecule has 0 aromatic carbocycles. The minimum absolute atomic E-state index is 0. The first-order valence-corrected chi connectivity index (χ1v) is 6.11. The predicted octanol–water partition coefficient (Wildman–Crippen LogP) is 1.71. The van der Waals surface area contributed by atoms with Crippen LogP contribution in [0.4, 0.5) is 0 Å². The molecule has 17 heavy (non-hydrogen) atoms. The van der Waals surface area contributed by atoms with Gasteiger partial charge in [-0.3, -0.25) is 9.59 Å². The Labute approximate surface area is 111 Å². The molecule has 1 aromatic rings. The average Bonchev–Trinajstić information content (AvgIpc) is 2.73. The number of Topliss-reactive ketones (excluding diaryl/α,β-unsaturated/α-hetero) is 1. The van der Waals surface area contributed by atoms with Gasteiger partial charge in [0.25, 0.3) is 5.91 Å².